The van der Waals surface area contributed by atoms with Gasteiger partial charge in [0.1, 0.15) is 11.9 Å². The molecule has 0 radical (unpaired) electrons. The summed E-state index contributed by atoms with van der Waals surface area (Å²) < 4.78 is 13.7. The van der Waals surface area contributed by atoms with E-state index in [0.717, 1.165) is 5.56 Å². The number of nitriles is 1. The molecule has 0 aliphatic carbocycles. The first-order valence-corrected chi connectivity index (χ1v) is 6.35. The molecule has 0 bridgehead atoms. The van der Waals surface area contributed by atoms with Crippen LogP contribution < -0.4 is 10.6 Å². The summed E-state index contributed by atoms with van der Waals surface area (Å²) in [6.07, 6.45) is 0. The summed E-state index contributed by atoms with van der Waals surface area (Å²) in [6.45, 7) is 1.79. The summed E-state index contributed by atoms with van der Waals surface area (Å²) in [6, 6.07) is 11.5. The first-order chi connectivity index (χ1) is 10.1. The van der Waals surface area contributed by atoms with Crippen molar-refractivity contribution < 1.29 is 9.18 Å². The molecule has 0 aliphatic heterocycles. The monoisotopic (exact) mass is 283 g/mol. The molecular formula is C16H14FN3O. The molecule has 2 rings (SSSR count). The van der Waals surface area contributed by atoms with E-state index in [0.29, 0.717) is 11.3 Å². The number of aryl methyl sites for hydroxylation is 1. The zero-order chi connectivity index (χ0) is 15.4. The van der Waals surface area contributed by atoms with Crippen LogP contribution >= 0.6 is 0 Å². The summed E-state index contributed by atoms with van der Waals surface area (Å²) in [5, 5.41) is 14.5. The number of carbonyl (C=O) groups is 1. The van der Waals surface area contributed by atoms with Crippen LogP contribution in [0.2, 0.25) is 0 Å². The molecule has 0 heterocycles. The van der Waals surface area contributed by atoms with Gasteiger partial charge >= 0.3 is 0 Å². The summed E-state index contributed by atoms with van der Waals surface area (Å²) in [7, 11) is 1.54. The maximum absolute atomic E-state index is 13.7. The summed E-state index contributed by atoms with van der Waals surface area (Å²) in [5.41, 5.74) is 1.88. The van der Waals surface area contributed by atoms with Gasteiger partial charge in [-0.3, -0.25) is 4.79 Å². The van der Waals surface area contributed by atoms with Crippen LogP contribution in [0.4, 0.5) is 15.8 Å². The minimum Gasteiger partial charge on any atom is -0.385 e. The second kappa shape index (κ2) is 6.06. The predicted molar refractivity (Wildman–Crippen MR) is 79.8 cm³/mol. The lowest BCUT2D eigenvalue weighted by Crippen LogP contribution is -2.15. The Balaban J connectivity index is 2.38. The highest BCUT2D eigenvalue weighted by Gasteiger charge is 2.16. The highest BCUT2D eigenvalue weighted by Crippen LogP contribution is 2.23. The minimum atomic E-state index is -0.505. The van der Waals surface area contributed by atoms with E-state index in [-0.39, 0.29) is 11.3 Å². The Bertz CT molecular complexity index is 735. The molecule has 0 spiro atoms. The van der Waals surface area contributed by atoms with Crippen LogP contribution in [0.5, 0.6) is 0 Å². The van der Waals surface area contributed by atoms with Gasteiger partial charge in [0.15, 0.2) is 0 Å². The third-order valence-electron chi connectivity index (χ3n) is 3.14. The third kappa shape index (κ3) is 2.84. The van der Waals surface area contributed by atoms with Gasteiger partial charge in [0.2, 0.25) is 0 Å². The van der Waals surface area contributed by atoms with Gasteiger partial charge in [-0.15, -0.1) is 0 Å². The summed E-state index contributed by atoms with van der Waals surface area (Å²) in [4.78, 5) is 12.3. The third-order valence-corrected chi connectivity index (χ3v) is 3.14. The first-order valence-electron chi connectivity index (χ1n) is 6.35. The first kappa shape index (κ1) is 14.5. The van der Waals surface area contributed by atoms with E-state index in [9.17, 15) is 9.18 Å². The molecule has 21 heavy (non-hydrogen) atoms. The second-order valence-electron chi connectivity index (χ2n) is 4.48. The van der Waals surface area contributed by atoms with Crippen molar-refractivity contribution in [3.05, 3.63) is 58.9 Å². The molecule has 4 nitrogen and oxygen atoms in total. The summed E-state index contributed by atoms with van der Waals surface area (Å²) >= 11 is 0. The Morgan fingerprint density at radius 3 is 2.62 bits per heavy atom. The SMILES string of the molecule is CNc1c(F)cccc1C(=O)Nc1cccc(C)c1C#N. The Kier molecular flexibility index (Phi) is 4.19. The number of para-hydroxylation sites is 1. The lowest BCUT2D eigenvalue weighted by Gasteiger charge is -2.12. The van der Waals surface area contributed by atoms with Gasteiger partial charge in [-0.1, -0.05) is 18.2 Å². The van der Waals surface area contributed by atoms with Crippen molar-refractivity contribution in [3.63, 3.8) is 0 Å². The molecule has 0 saturated carbocycles. The Morgan fingerprint density at radius 2 is 1.95 bits per heavy atom. The van der Waals surface area contributed by atoms with Crippen molar-refractivity contribution in [2.75, 3.05) is 17.7 Å². The van der Waals surface area contributed by atoms with Gasteiger partial charge in [-0.25, -0.2) is 4.39 Å². The zero-order valence-corrected chi connectivity index (χ0v) is 11.7. The van der Waals surface area contributed by atoms with Crippen molar-refractivity contribution in [1.29, 1.82) is 5.26 Å². The van der Waals surface area contributed by atoms with Crippen LogP contribution in [0, 0.1) is 24.1 Å². The molecule has 5 heteroatoms. The molecule has 0 atom stereocenters. The van der Waals surface area contributed by atoms with Crippen LogP contribution in [0.3, 0.4) is 0 Å². The number of carbonyl (C=O) groups excluding carboxylic acids is 1. The molecule has 0 aromatic heterocycles. The van der Waals surface area contributed by atoms with E-state index in [1.54, 1.807) is 32.2 Å². The minimum absolute atomic E-state index is 0.126. The molecule has 2 N–H and O–H groups in total. The molecule has 0 fully saturated rings. The highest BCUT2D eigenvalue weighted by atomic mass is 19.1. The molecule has 106 valence electrons. The van der Waals surface area contributed by atoms with Crippen molar-refractivity contribution in [1.82, 2.24) is 0 Å². The molecule has 0 saturated heterocycles. The smallest absolute Gasteiger partial charge is 0.257 e. The van der Waals surface area contributed by atoms with Gasteiger partial charge in [-0.2, -0.15) is 5.26 Å². The highest BCUT2D eigenvalue weighted by molar-refractivity contribution is 6.08. The Morgan fingerprint density at radius 1 is 1.24 bits per heavy atom. The van der Waals surface area contributed by atoms with E-state index >= 15 is 0 Å². The largest absolute Gasteiger partial charge is 0.385 e. The topological polar surface area (TPSA) is 64.9 Å². The van der Waals surface area contributed by atoms with E-state index in [1.807, 2.05) is 0 Å². The number of benzene rings is 2. The van der Waals surface area contributed by atoms with Crippen LogP contribution in [0.1, 0.15) is 21.5 Å². The maximum Gasteiger partial charge on any atom is 0.257 e. The van der Waals surface area contributed by atoms with E-state index in [4.69, 9.17) is 5.26 Å². The number of halogens is 1. The van der Waals surface area contributed by atoms with Gasteiger partial charge in [0, 0.05) is 7.05 Å². The Hall–Kier alpha value is -2.87. The fourth-order valence-corrected chi connectivity index (χ4v) is 2.08. The predicted octanol–water partition coefficient (Wildman–Crippen LogP) is 3.30. The van der Waals surface area contributed by atoms with E-state index in [1.165, 1.54) is 18.2 Å². The number of nitrogens with one attached hydrogen (secondary N) is 2. The molecular weight excluding hydrogens is 269 g/mol. The number of nitrogens with zero attached hydrogens (tertiary/aromatic N) is 1. The molecule has 0 aliphatic rings. The van der Waals surface area contributed by atoms with E-state index in [2.05, 4.69) is 16.7 Å². The normalized spacial score (nSPS) is 9.81. The van der Waals surface area contributed by atoms with Crippen LogP contribution in [-0.4, -0.2) is 13.0 Å². The van der Waals surface area contributed by atoms with Crippen LogP contribution in [0.15, 0.2) is 36.4 Å². The number of anilines is 2. The quantitative estimate of drug-likeness (QED) is 0.908. The average Bonchev–Trinajstić information content (AvgIpc) is 2.47. The maximum atomic E-state index is 13.7. The summed E-state index contributed by atoms with van der Waals surface area (Å²) in [5.74, 6) is -0.976. The molecule has 2 aromatic rings. The van der Waals surface area contributed by atoms with Crippen LogP contribution in [0.25, 0.3) is 0 Å². The fourth-order valence-electron chi connectivity index (χ4n) is 2.08. The number of hydrogen-bond acceptors (Lipinski definition) is 3. The van der Waals surface area contributed by atoms with Gasteiger partial charge in [-0.05, 0) is 30.7 Å². The van der Waals surface area contributed by atoms with Gasteiger partial charge < -0.3 is 10.6 Å². The average molecular weight is 283 g/mol. The lowest BCUT2D eigenvalue weighted by molar-refractivity contribution is 0.102. The second-order valence-corrected chi connectivity index (χ2v) is 4.48. The number of hydrogen-bond donors (Lipinski definition) is 2. The zero-order valence-electron chi connectivity index (χ0n) is 11.7. The molecule has 2 aromatic carbocycles. The standard InChI is InChI=1S/C16H14FN3O/c1-10-5-3-8-14(12(10)9-18)20-16(21)11-6-4-7-13(17)15(11)19-2/h3-8,19H,1-2H3,(H,20,21). The van der Waals surface area contributed by atoms with Crippen molar-refractivity contribution >= 4 is 17.3 Å². The Labute approximate surface area is 122 Å². The van der Waals surface area contributed by atoms with E-state index < -0.39 is 11.7 Å². The van der Waals surface area contributed by atoms with Crippen molar-refractivity contribution in [2.45, 2.75) is 6.92 Å². The van der Waals surface area contributed by atoms with Crippen molar-refractivity contribution in [3.8, 4) is 6.07 Å². The number of rotatable bonds is 3. The number of amides is 1. The van der Waals surface area contributed by atoms with Crippen molar-refractivity contribution in [2.24, 2.45) is 0 Å². The molecule has 0 unspecified atom stereocenters. The lowest BCUT2D eigenvalue weighted by atomic mass is 10.1. The fraction of sp³-hybridized carbons (Fsp3) is 0.125. The van der Waals surface area contributed by atoms with Gasteiger partial charge in [0.05, 0.1) is 22.5 Å². The van der Waals surface area contributed by atoms with Crippen LogP contribution in [-0.2, 0) is 0 Å². The van der Waals surface area contributed by atoms with Gasteiger partial charge in [0.25, 0.3) is 5.91 Å². The molecule has 1 amide bonds.